The number of carbonyl (C=O) groups is 1. The number of hydrogen-bond acceptors (Lipinski definition) is 4. The van der Waals surface area contributed by atoms with Crippen LogP contribution in [0.2, 0.25) is 0 Å². The third-order valence-corrected chi connectivity index (χ3v) is 4.85. The molecule has 0 bridgehead atoms. The Balaban J connectivity index is 1.84. The molecule has 7 heteroatoms. The zero-order chi connectivity index (χ0) is 18.6. The maximum Gasteiger partial charge on any atom is 0.256 e. The molecule has 1 amide bonds. The SMILES string of the molecule is Cc1nn(C)cc1NC(=O)c1cc(C2CC2)nc2c1c(C)nn2C(C)C. The number of pyridine rings is 1. The summed E-state index contributed by atoms with van der Waals surface area (Å²) in [7, 11) is 1.84. The Bertz CT molecular complexity index is 1010. The molecular formula is C19H24N6O. The normalized spacial score (nSPS) is 14.4. The Morgan fingerprint density at radius 3 is 2.54 bits per heavy atom. The zero-order valence-corrected chi connectivity index (χ0v) is 15.9. The molecule has 0 aromatic carbocycles. The Morgan fingerprint density at radius 2 is 1.96 bits per heavy atom. The summed E-state index contributed by atoms with van der Waals surface area (Å²) in [5.41, 5.74) is 4.79. The van der Waals surface area contributed by atoms with Crippen LogP contribution in [0, 0.1) is 13.8 Å². The molecule has 26 heavy (non-hydrogen) atoms. The van der Waals surface area contributed by atoms with Crippen molar-refractivity contribution >= 4 is 22.6 Å². The molecule has 1 aliphatic rings. The van der Waals surface area contributed by atoms with Crippen molar-refractivity contribution in [3.63, 3.8) is 0 Å². The molecule has 4 rings (SSSR count). The molecule has 0 saturated heterocycles. The highest BCUT2D eigenvalue weighted by Crippen LogP contribution is 2.40. The van der Waals surface area contributed by atoms with E-state index in [0.717, 1.165) is 46.6 Å². The zero-order valence-electron chi connectivity index (χ0n) is 15.9. The maximum absolute atomic E-state index is 13.1. The fraction of sp³-hybridized carbons (Fsp3) is 0.474. The lowest BCUT2D eigenvalue weighted by atomic mass is 10.1. The largest absolute Gasteiger partial charge is 0.319 e. The Morgan fingerprint density at radius 1 is 1.23 bits per heavy atom. The topological polar surface area (TPSA) is 77.6 Å². The molecule has 1 aliphatic carbocycles. The van der Waals surface area contributed by atoms with Crippen molar-refractivity contribution in [3.8, 4) is 0 Å². The highest BCUT2D eigenvalue weighted by atomic mass is 16.1. The Kier molecular flexibility index (Phi) is 3.82. The number of anilines is 1. The van der Waals surface area contributed by atoms with Gasteiger partial charge in [-0.25, -0.2) is 9.67 Å². The van der Waals surface area contributed by atoms with Gasteiger partial charge in [-0.1, -0.05) is 0 Å². The highest BCUT2D eigenvalue weighted by Gasteiger charge is 2.29. The van der Waals surface area contributed by atoms with Crippen LogP contribution in [0.25, 0.3) is 11.0 Å². The molecule has 1 fully saturated rings. The van der Waals surface area contributed by atoms with Crippen LogP contribution in [0.5, 0.6) is 0 Å². The summed E-state index contributed by atoms with van der Waals surface area (Å²) in [4.78, 5) is 18.0. The first-order chi connectivity index (χ1) is 12.3. The predicted octanol–water partition coefficient (Wildman–Crippen LogP) is 3.49. The van der Waals surface area contributed by atoms with Crippen LogP contribution in [-0.2, 0) is 7.05 Å². The van der Waals surface area contributed by atoms with Gasteiger partial charge >= 0.3 is 0 Å². The van der Waals surface area contributed by atoms with Gasteiger partial charge in [0, 0.05) is 30.9 Å². The van der Waals surface area contributed by atoms with Gasteiger partial charge in [-0.05, 0) is 46.6 Å². The van der Waals surface area contributed by atoms with Gasteiger partial charge in [0.1, 0.15) is 0 Å². The number of nitrogens with zero attached hydrogens (tertiary/aromatic N) is 5. The number of aromatic nitrogens is 5. The van der Waals surface area contributed by atoms with Crippen LogP contribution in [0.15, 0.2) is 12.3 Å². The van der Waals surface area contributed by atoms with Crippen LogP contribution in [0.4, 0.5) is 5.69 Å². The number of hydrogen-bond donors (Lipinski definition) is 1. The van der Waals surface area contributed by atoms with Crippen molar-refractivity contribution in [1.29, 1.82) is 0 Å². The van der Waals surface area contributed by atoms with Gasteiger partial charge < -0.3 is 5.32 Å². The first-order valence-corrected chi connectivity index (χ1v) is 9.06. The lowest BCUT2D eigenvalue weighted by molar-refractivity contribution is 0.102. The minimum Gasteiger partial charge on any atom is -0.319 e. The Labute approximate surface area is 152 Å². The number of amides is 1. The van der Waals surface area contributed by atoms with Crippen LogP contribution in [0.1, 0.15) is 66.1 Å². The van der Waals surface area contributed by atoms with Gasteiger partial charge in [-0.15, -0.1) is 0 Å². The fourth-order valence-corrected chi connectivity index (χ4v) is 3.37. The van der Waals surface area contributed by atoms with Crippen molar-refractivity contribution < 1.29 is 4.79 Å². The van der Waals surface area contributed by atoms with Gasteiger partial charge in [0.15, 0.2) is 5.65 Å². The second-order valence-corrected chi connectivity index (χ2v) is 7.45. The molecule has 3 aromatic rings. The molecule has 0 radical (unpaired) electrons. The van der Waals surface area contributed by atoms with E-state index < -0.39 is 0 Å². The summed E-state index contributed by atoms with van der Waals surface area (Å²) >= 11 is 0. The van der Waals surface area contributed by atoms with E-state index >= 15 is 0 Å². The average Bonchev–Trinajstić information content (AvgIpc) is 3.30. The molecule has 0 unspecified atom stereocenters. The third kappa shape index (κ3) is 2.77. The van der Waals surface area contributed by atoms with Crippen molar-refractivity contribution in [2.24, 2.45) is 7.05 Å². The van der Waals surface area contributed by atoms with Gasteiger partial charge in [0.2, 0.25) is 0 Å². The van der Waals surface area contributed by atoms with Crippen LogP contribution >= 0.6 is 0 Å². The molecule has 136 valence electrons. The monoisotopic (exact) mass is 352 g/mol. The average molecular weight is 352 g/mol. The van der Waals surface area contributed by atoms with E-state index in [4.69, 9.17) is 4.98 Å². The van der Waals surface area contributed by atoms with E-state index in [2.05, 4.69) is 29.4 Å². The Hall–Kier alpha value is -2.70. The van der Waals surface area contributed by atoms with Gasteiger partial charge in [0.05, 0.1) is 28.0 Å². The molecule has 1 saturated carbocycles. The number of nitrogens with one attached hydrogen (secondary N) is 1. The molecule has 0 aliphatic heterocycles. The number of aryl methyl sites for hydroxylation is 3. The van der Waals surface area contributed by atoms with Crippen molar-refractivity contribution in [2.45, 2.75) is 52.5 Å². The molecule has 3 heterocycles. The first-order valence-electron chi connectivity index (χ1n) is 9.06. The summed E-state index contributed by atoms with van der Waals surface area (Å²) < 4.78 is 3.62. The summed E-state index contributed by atoms with van der Waals surface area (Å²) in [5, 5.41) is 12.8. The van der Waals surface area contributed by atoms with E-state index in [9.17, 15) is 4.79 Å². The molecular weight excluding hydrogens is 328 g/mol. The minimum absolute atomic E-state index is 0.137. The number of carbonyl (C=O) groups excluding carboxylic acids is 1. The molecule has 1 N–H and O–H groups in total. The van der Waals surface area contributed by atoms with Gasteiger partial charge in [0.25, 0.3) is 5.91 Å². The summed E-state index contributed by atoms with van der Waals surface area (Å²) in [6, 6.07) is 2.13. The standard InChI is InChI=1S/C19H24N6O/c1-10(2)25-18-17(12(4)23-25)14(8-15(20-18)13-6-7-13)19(26)21-16-9-24(5)22-11(16)3/h8-10,13H,6-7H2,1-5H3,(H,21,26). The summed E-state index contributed by atoms with van der Waals surface area (Å²) in [6.45, 7) is 7.98. The molecule has 7 nitrogen and oxygen atoms in total. The number of rotatable bonds is 4. The third-order valence-electron chi connectivity index (χ3n) is 4.85. The van der Waals surface area contributed by atoms with Crippen molar-refractivity contribution in [3.05, 3.63) is 34.9 Å². The van der Waals surface area contributed by atoms with E-state index in [1.165, 1.54) is 0 Å². The van der Waals surface area contributed by atoms with Crippen molar-refractivity contribution in [2.75, 3.05) is 5.32 Å². The molecule has 3 aromatic heterocycles. The minimum atomic E-state index is -0.137. The lowest BCUT2D eigenvalue weighted by Gasteiger charge is -2.10. The van der Waals surface area contributed by atoms with Crippen LogP contribution in [-0.4, -0.2) is 30.5 Å². The second kappa shape index (κ2) is 5.93. The smallest absolute Gasteiger partial charge is 0.256 e. The summed E-state index contributed by atoms with van der Waals surface area (Å²) in [6.07, 6.45) is 4.09. The first kappa shape index (κ1) is 16.8. The summed E-state index contributed by atoms with van der Waals surface area (Å²) in [5.74, 6) is 0.323. The predicted molar refractivity (Wildman–Crippen MR) is 101 cm³/mol. The number of fused-ring (bicyclic) bond motifs is 1. The van der Waals surface area contributed by atoms with E-state index in [0.29, 0.717) is 11.5 Å². The van der Waals surface area contributed by atoms with Gasteiger partial charge in [-0.3, -0.25) is 9.48 Å². The quantitative estimate of drug-likeness (QED) is 0.780. The highest BCUT2D eigenvalue weighted by molar-refractivity contribution is 6.12. The van der Waals surface area contributed by atoms with E-state index in [-0.39, 0.29) is 11.9 Å². The molecule has 0 atom stereocenters. The van der Waals surface area contributed by atoms with E-state index in [1.54, 1.807) is 4.68 Å². The fourth-order valence-electron chi connectivity index (χ4n) is 3.37. The second-order valence-electron chi connectivity index (χ2n) is 7.45. The van der Waals surface area contributed by atoms with Crippen molar-refractivity contribution in [1.82, 2.24) is 24.5 Å². The lowest BCUT2D eigenvalue weighted by Crippen LogP contribution is -2.14. The maximum atomic E-state index is 13.1. The molecule has 0 spiro atoms. The van der Waals surface area contributed by atoms with Crippen LogP contribution < -0.4 is 5.32 Å². The van der Waals surface area contributed by atoms with Gasteiger partial charge in [-0.2, -0.15) is 10.2 Å². The van der Waals surface area contributed by atoms with Crippen LogP contribution in [0.3, 0.4) is 0 Å². The van der Waals surface area contributed by atoms with E-state index in [1.807, 2.05) is 37.8 Å².